The van der Waals surface area contributed by atoms with Gasteiger partial charge in [-0.3, -0.25) is 14.6 Å². The Hall–Kier alpha value is -3.42. The largest absolute Gasteiger partial charge is 0.513 e. The minimum absolute atomic E-state index is 0.0526. The summed E-state index contributed by atoms with van der Waals surface area (Å²) >= 11 is 0. The highest BCUT2D eigenvalue weighted by Crippen LogP contribution is 2.18. The summed E-state index contributed by atoms with van der Waals surface area (Å²) in [4.78, 5) is 42.0. The molecule has 0 saturated carbocycles. The van der Waals surface area contributed by atoms with Crippen molar-refractivity contribution in [3.05, 3.63) is 59.9 Å². The van der Waals surface area contributed by atoms with E-state index in [4.69, 9.17) is 9.47 Å². The molecule has 0 unspecified atom stereocenters. The topological polar surface area (TPSA) is 97.8 Å². The molecule has 1 aliphatic heterocycles. The summed E-state index contributed by atoms with van der Waals surface area (Å²) in [6.45, 7) is 3.77. The Morgan fingerprint density at radius 3 is 2.47 bits per heavy atom. The summed E-state index contributed by atoms with van der Waals surface area (Å²) in [5, 5.41) is 2.94. The molecule has 158 valence electrons. The molecule has 3 rings (SSSR count). The number of nitrogens with one attached hydrogen (secondary N) is 1. The SMILES string of the molecule is CCOC(=O)Oc1ccc(C(=O)NCC2CCN(C(=O)c3ccccn3)CC2)cc1. The van der Waals surface area contributed by atoms with Gasteiger partial charge >= 0.3 is 6.16 Å². The van der Waals surface area contributed by atoms with Crippen LogP contribution < -0.4 is 10.1 Å². The van der Waals surface area contributed by atoms with Crippen molar-refractivity contribution in [3.8, 4) is 5.75 Å². The van der Waals surface area contributed by atoms with Crippen LogP contribution in [0.4, 0.5) is 4.79 Å². The molecule has 0 atom stereocenters. The van der Waals surface area contributed by atoms with E-state index in [2.05, 4.69) is 10.3 Å². The number of piperidine rings is 1. The average Bonchev–Trinajstić information content (AvgIpc) is 2.78. The zero-order valence-electron chi connectivity index (χ0n) is 16.9. The van der Waals surface area contributed by atoms with E-state index in [1.807, 2.05) is 4.90 Å². The number of pyridine rings is 1. The molecule has 1 fully saturated rings. The number of amides is 2. The number of likely N-dealkylation sites (tertiary alicyclic amines) is 1. The standard InChI is InChI=1S/C22H25N3O5/c1-2-29-22(28)30-18-8-6-17(7-9-18)20(26)24-15-16-10-13-25(14-11-16)21(27)19-5-3-4-12-23-19/h3-9,12,16H,2,10-11,13-15H2,1H3,(H,24,26). The molecule has 0 aliphatic carbocycles. The summed E-state index contributed by atoms with van der Waals surface area (Å²) in [5.41, 5.74) is 0.939. The lowest BCUT2D eigenvalue weighted by Crippen LogP contribution is -2.41. The van der Waals surface area contributed by atoms with Gasteiger partial charge in [0.2, 0.25) is 0 Å². The van der Waals surface area contributed by atoms with Crippen molar-refractivity contribution < 1.29 is 23.9 Å². The summed E-state index contributed by atoms with van der Waals surface area (Å²) in [5.74, 6) is 0.385. The highest BCUT2D eigenvalue weighted by Gasteiger charge is 2.24. The molecular weight excluding hydrogens is 386 g/mol. The summed E-state index contributed by atoms with van der Waals surface area (Å²) in [6, 6.07) is 11.6. The third-order valence-electron chi connectivity index (χ3n) is 4.92. The third-order valence-corrected chi connectivity index (χ3v) is 4.92. The molecule has 1 aromatic heterocycles. The van der Waals surface area contributed by atoms with Crippen molar-refractivity contribution in [2.24, 2.45) is 5.92 Å². The first-order chi connectivity index (χ1) is 14.6. The van der Waals surface area contributed by atoms with Crippen molar-refractivity contribution >= 4 is 18.0 Å². The zero-order chi connectivity index (χ0) is 21.3. The van der Waals surface area contributed by atoms with Gasteiger partial charge in [0.25, 0.3) is 11.8 Å². The molecule has 1 saturated heterocycles. The number of hydrogen-bond acceptors (Lipinski definition) is 6. The molecule has 8 nitrogen and oxygen atoms in total. The quantitative estimate of drug-likeness (QED) is 0.580. The Balaban J connectivity index is 1.42. The van der Waals surface area contributed by atoms with Gasteiger partial charge in [0.1, 0.15) is 11.4 Å². The van der Waals surface area contributed by atoms with E-state index in [-0.39, 0.29) is 18.4 Å². The molecular formula is C22H25N3O5. The third kappa shape index (κ3) is 5.79. The van der Waals surface area contributed by atoms with Crippen LogP contribution in [0.15, 0.2) is 48.7 Å². The normalized spacial score (nSPS) is 14.1. The van der Waals surface area contributed by atoms with Crippen LogP contribution >= 0.6 is 0 Å². The predicted octanol–water partition coefficient (Wildman–Crippen LogP) is 2.90. The summed E-state index contributed by atoms with van der Waals surface area (Å²) < 4.78 is 9.68. The zero-order valence-corrected chi connectivity index (χ0v) is 16.9. The van der Waals surface area contributed by atoms with E-state index in [1.54, 1.807) is 55.6 Å². The molecule has 30 heavy (non-hydrogen) atoms. The highest BCUT2D eigenvalue weighted by atomic mass is 16.7. The van der Waals surface area contributed by atoms with E-state index >= 15 is 0 Å². The number of benzene rings is 1. The molecule has 1 N–H and O–H groups in total. The van der Waals surface area contributed by atoms with Crippen LogP contribution in [0.25, 0.3) is 0 Å². The fourth-order valence-corrected chi connectivity index (χ4v) is 3.25. The van der Waals surface area contributed by atoms with Crippen molar-refractivity contribution in [1.29, 1.82) is 0 Å². The minimum atomic E-state index is -0.775. The van der Waals surface area contributed by atoms with E-state index in [0.717, 1.165) is 12.8 Å². The Labute approximate surface area is 175 Å². The number of hydrogen-bond donors (Lipinski definition) is 1. The Kier molecular flexibility index (Phi) is 7.37. The van der Waals surface area contributed by atoms with Gasteiger partial charge in [0, 0.05) is 31.4 Å². The molecule has 1 aliphatic rings. The highest BCUT2D eigenvalue weighted by molar-refractivity contribution is 5.94. The first-order valence-electron chi connectivity index (χ1n) is 10.00. The fourth-order valence-electron chi connectivity index (χ4n) is 3.25. The van der Waals surface area contributed by atoms with Gasteiger partial charge < -0.3 is 19.7 Å². The van der Waals surface area contributed by atoms with Crippen LogP contribution in [0, 0.1) is 5.92 Å². The van der Waals surface area contributed by atoms with Crippen molar-refractivity contribution in [2.45, 2.75) is 19.8 Å². The van der Waals surface area contributed by atoms with Crippen LogP contribution in [0.5, 0.6) is 5.75 Å². The smallest absolute Gasteiger partial charge is 0.434 e. The summed E-state index contributed by atoms with van der Waals surface area (Å²) in [7, 11) is 0. The lowest BCUT2D eigenvalue weighted by Gasteiger charge is -2.31. The number of nitrogens with zero attached hydrogens (tertiary/aromatic N) is 2. The van der Waals surface area contributed by atoms with Crippen LogP contribution in [-0.4, -0.2) is 54.1 Å². The summed E-state index contributed by atoms with van der Waals surface area (Å²) in [6.07, 6.45) is 2.49. The fraction of sp³-hybridized carbons (Fsp3) is 0.364. The van der Waals surface area contributed by atoms with Crippen LogP contribution in [-0.2, 0) is 4.74 Å². The van der Waals surface area contributed by atoms with Gasteiger partial charge in [-0.15, -0.1) is 0 Å². The maximum Gasteiger partial charge on any atom is 0.513 e. The monoisotopic (exact) mass is 411 g/mol. The maximum absolute atomic E-state index is 12.4. The van der Waals surface area contributed by atoms with E-state index < -0.39 is 6.16 Å². The van der Waals surface area contributed by atoms with E-state index in [0.29, 0.717) is 42.6 Å². The van der Waals surface area contributed by atoms with Crippen molar-refractivity contribution in [2.75, 3.05) is 26.2 Å². The molecule has 8 heteroatoms. The Morgan fingerprint density at radius 2 is 1.83 bits per heavy atom. The molecule has 0 bridgehead atoms. The molecule has 2 aromatic rings. The van der Waals surface area contributed by atoms with Gasteiger partial charge in [0.15, 0.2) is 0 Å². The average molecular weight is 411 g/mol. The number of ether oxygens (including phenoxy) is 2. The molecule has 0 spiro atoms. The predicted molar refractivity (Wildman–Crippen MR) is 109 cm³/mol. The van der Waals surface area contributed by atoms with Gasteiger partial charge in [0.05, 0.1) is 6.61 Å². The number of carbonyl (C=O) groups is 3. The lowest BCUT2D eigenvalue weighted by molar-refractivity contribution is 0.0678. The second kappa shape index (κ2) is 10.4. The molecule has 2 heterocycles. The number of rotatable bonds is 6. The Morgan fingerprint density at radius 1 is 1.10 bits per heavy atom. The van der Waals surface area contributed by atoms with Gasteiger partial charge in [-0.05, 0) is 62.1 Å². The maximum atomic E-state index is 12.4. The molecule has 0 radical (unpaired) electrons. The minimum Gasteiger partial charge on any atom is -0.434 e. The van der Waals surface area contributed by atoms with Crippen LogP contribution in [0.2, 0.25) is 0 Å². The Bertz CT molecular complexity index is 862. The lowest BCUT2D eigenvalue weighted by atomic mass is 9.96. The number of aromatic nitrogens is 1. The van der Waals surface area contributed by atoms with Gasteiger partial charge in [-0.1, -0.05) is 6.07 Å². The second-order valence-corrected chi connectivity index (χ2v) is 6.97. The van der Waals surface area contributed by atoms with E-state index in [1.165, 1.54) is 0 Å². The van der Waals surface area contributed by atoms with Crippen LogP contribution in [0.3, 0.4) is 0 Å². The molecule has 1 aromatic carbocycles. The van der Waals surface area contributed by atoms with Crippen molar-refractivity contribution in [1.82, 2.24) is 15.2 Å². The first kappa shape index (κ1) is 21.3. The number of carbonyl (C=O) groups excluding carboxylic acids is 3. The van der Waals surface area contributed by atoms with Crippen molar-refractivity contribution in [3.63, 3.8) is 0 Å². The van der Waals surface area contributed by atoms with Gasteiger partial charge in [-0.2, -0.15) is 0 Å². The first-order valence-corrected chi connectivity index (χ1v) is 10.00. The van der Waals surface area contributed by atoms with Crippen LogP contribution in [0.1, 0.15) is 40.6 Å². The second-order valence-electron chi connectivity index (χ2n) is 6.97. The van der Waals surface area contributed by atoms with Gasteiger partial charge in [-0.25, -0.2) is 4.79 Å². The van der Waals surface area contributed by atoms with E-state index in [9.17, 15) is 14.4 Å². The molecule has 2 amide bonds.